The van der Waals surface area contributed by atoms with Gasteiger partial charge in [0, 0.05) is 16.3 Å². The molecule has 154 valence electrons. The van der Waals surface area contributed by atoms with E-state index >= 15 is 0 Å². The smallest absolute Gasteiger partial charge is 0.164 e. The number of methoxy groups -OCH3 is 2. The highest BCUT2D eigenvalue weighted by atomic mass is 79.9. The monoisotopic (exact) mass is 496 g/mol. The summed E-state index contributed by atoms with van der Waals surface area (Å²) in [5, 5.41) is 0.810. The van der Waals surface area contributed by atoms with Gasteiger partial charge in [0.25, 0.3) is 0 Å². The maximum Gasteiger partial charge on any atom is 0.164 e. The quantitative estimate of drug-likeness (QED) is 0.627. The van der Waals surface area contributed by atoms with E-state index in [0.29, 0.717) is 11.5 Å². The van der Waals surface area contributed by atoms with Crippen molar-refractivity contribution in [2.75, 3.05) is 30.6 Å². The van der Waals surface area contributed by atoms with Gasteiger partial charge in [-0.15, -0.1) is 0 Å². The molecular weight excluding hydrogens is 476 g/mol. The zero-order chi connectivity index (χ0) is 20.6. The molecule has 29 heavy (non-hydrogen) atoms. The molecule has 0 aromatic heterocycles. The molecular formula is C20H21BrN2O4S2. The summed E-state index contributed by atoms with van der Waals surface area (Å²) in [5.41, 5.74) is 1.95. The fourth-order valence-corrected chi connectivity index (χ4v) is 6.81. The first-order valence-corrected chi connectivity index (χ1v) is 12.7. The maximum atomic E-state index is 12.3. The number of aliphatic imine (C=N–C) groups is 1. The fourth-order valence-electron chi connectivity index (χ4n) is 3.63. The molecule has 0 aliphatic carbocycles. The topological polar surface area (TPSA) is 68.2 Å². The zero-order valence-corrected chi connectivity index (χ0v) is 19.3. The second-order valence-corrected chi connectivity index (χ2v) is 11.0. The van der Waals surface area contributed by atoms with E-state index in [4.69, 9.17) is 14.5 Å². The van der Waals surface area contributed by atoms with Crippen LogP contribution in [0.1, 0.15) is 5.56 Å². The second kappa shape index (κ2) is 8.20. The highest BCUT2D eigenvalue weighted by Gasteiger charge is 2.47. The van der Waals surface area contributed by atoms with Crippen molar-refractivity contribution in [1.29, 1.82) is 0 Å². The lowest BCUT2D eigenvalue weighted by Gasteiger charge is -2.28. The standard InChI is InChI=1S/C20H21BrN2O4S2/c1-26-15-7-8-19(27-2)17(9-15)23-18-12-29(24,25)11-16(18)22-20(23)28-10-13-3-5-14(21)6-4-13/h3-9,16,18H,10-12H2,1-2H3/t16-,18+/m1/s1. The Hall–Kier alpha value is -1.71. The minimum absolute atomic E-state index is 0.0861. The van der Waals surface area contributed by atoms with Gasteiger partial charge in [0.2, 0.25) is 0 Å². The van der Waals surface area contributed by atoms with Crippen molar-refractivity contribution in [3.8, 4) is 11.5 Å². The van der Waals surface area contributed by atoms with Gasteiger partial charge in [0.05, 0.1) is 43.5 Å². The summed E-state index contributed by atoms with van der Waals surface area (Å²) in [4.78, 5) is 6.80. The summed E-state index contributed by atoms with van der Waals surface area (Å²) >= 11 is 5.06. The predicted molar refractivity (Wildman–Crippen MR) is 121 cm³/mol. The Bertz CT molecular complexity index is 1040. The van der Waals surface area contributed by atoms with Gasteiger partial charge < -0.3 is 14.4 Å². The van der Waals surface area contributed by atoms with Gasteiger partial charge in [0.1, 0.15) is 11.5 Å². The van der Waals surface area contributed by atoms with Crippen LogP contribution in [-0.2, 0) is 15.6 Å². The van der Waals surface area contributed by atoms with Gasteiger partial charge in [-0.3, -0.25) is 4.99 Å². The molecule has 0 amide bonds. The number of halogens is 1. The Labute approximate surface area is 183 Å². The van der Waals surface area contributed by atoms with Crippen molar-refractivity contribution in [2.45, 2.75) is 17.8 Å². The maximum absolute atomic E-state index is 12.3. The van der Waals surface area contributed by atoms with E-state index in [1.54, 1.807) is 26.0 Å². The summed E-state index contributed by atoms with van der Waals surface area (Å²) in [7, 11) is 0.102. The van der Waals surface area contributed by atoms with Crippen LogP contribution in [0.2, 0.25) is 0 Å². The Balaban J connectivity index is 1.68. The number of rotatable bonds is 5. The van der Waals surface area contributed by atoms with E-state index in [-0.39, 0.29) is 23.6 Å². The first kappa shape index (κ1) is 20.6. The third kappa shape index (κ3) is 4.27. The molecule has 0 unspecified atom stereocenters. The van der Waals surface area contributed by atoms with Gasteiger partial charge in [-0.25, -0.2) is 8.42 Å². The molecule has 0 saturated carbocycles. The fraction of sp³-hybridized carbons (Fsp3) is 0.350. The molecule has 0 spiro atoms. The van der Waals surface area contributed by atoms with Gasteiger partial charge in [0.15, 0.2) is 15.0 Å². The predicted octanol–water partition coefficient (Wildman–Crippen LogP) is 3.74. The highest BCUT2D eigenvalue weighted by Crippen LogP contribution is 2.41. The van der Waals surface area contributed by atoms with Crippen LogP contribution in [0.25, 0.3) is 0 Å². The Kier molecular flexibility index (Phi) is 5.81. The van der Waals surface area contributed by atoms with E-state index in [2.05, 4.69) is 28.1 Å². The molecule has 2 atom stereocenters. The van der Waals surface area contributed by atoms with Crippen LogP contribution in [0.4, 0.5) is 5.69 Å². The van der Waals surface area contributed by atoms with Crippen LogP contribution in [0, 0.1) is 0 Å². The van der Waals surface area contributed by atoms with E-state index < -0.39 is 9.84 Å². The first-order valence-electron chi connectivity index (χ1n) is 9.07. The lowest BCUT2D eigenvalue weighted by Crippen LogP contribution is -2.39. The first-order chi connectivity index (χ1) is 13.9. The van der Waals surface area contributed by atoms with Crippen molar-refractivity contribution in [3.63, 3.8) is 0 Å². The number of benzene rings is 2. The molecule has 6 nitrogen and oxygen atoms in total. The van der Waals surface area contributed by atoms with E-state index in [1.807, 2.05) is 35.2 Å². The molecule has 2 aromatic rings. The van der Waals surface area contributed by atoms with Gasteiger partial charge in [-0.1, -0.05) is 39.8 Å². The molecule has 2 aliphatic rings. The molecule has 4 rings (SSSR count). The summed E-state index contributed by atoms with van der Waals surface area (Å²) < 4.78 is 36.5. The Morgan fingerprint density at radius 3 is 2.59 bits per heavy atom. The minimum atomic E-state index is -3.11. The molecule has 2 aromatic carbocycles. The van der Waals surface area contributed by atoms with Gasteiger partial charge >= 0.3 is 0 Å². The lowest BCUT2D eigenvalue weighted by atomic mass is 10.1. The third-order valence-electron chi connectivity index (χ3n) is 5.03. The average molecular weight is 497 g/mol. The SMILES string of the molecule is COc1ccc(OC)c(N2C(SCc3ccc(Br)cc3)=N[C@@H]3CS(=O)(=O)C[C@@H]32)c1. The summed E-state index contributed by atoms with van der Waals surface area (Å²) in [6.45, 7) is 0. The number of sulfone groups is 1. The third-order valence-corrected chi connectivity index (χ3v) is 8.30. The molecule has 2 heterocycles. The largest absolute Gasteiger partial charge is 0.497 e. The molecule has 0 radical (unpaired) electrons. The zero-order valence-electron chi connectivity index (χ0n) is 16.0. The molecule has 2 aliphatic heterocycles. The normalized spacial score (nSPS) is 22.3. The number of thioether (sulfide) groups is 1. The Morgan fingerprint density at radius 2 is 1.90 bits per heavy atom. The minimum Gasteiger partial charge on any atom is -0.497 e. The van der Waals surface area contributed by atoms with Crippen LogP contribution in [0.3, 0.4) is 0 Å². The Morgan fingerprint density at radius 1 is 1.14 bits per heavy atom. The number of fused-ring (bicyclic) bond motifs is 1. The van der Waals surface area contributed by atoms with E-state index in [0.717, 1.165) is 21.1 Å². The molecule has 1 fully saturated rings. The number of nitrogens with zero attached hydrogens (tertiary/aromatic N) is 2. The van der Waals surface area contributed by atoms with E-state index in [1.165, 1.54) is 5.56 Å². The van der Waals surface area contributed by atoms with Crippen molar-refractivity contribution in [3.05, 3.63) is 52.5 Å². The van der Waals surface area contributed by atoms with Crippen LogP contribution in [0.5, 0.6) is 11.5 Å². The van der Waals surface area contributed by atoms with Crippen LogP contribution in [0.15, 0.2) is 51.9 Å². The van der Waals surface area contributed by atoms with Crippen molar-refractivity contribution >= 4 is 48.4 Å². The summed E-state index contributed by atoms with van der Waals surface area (Å²) in [6.07, 6.45) is 0. The molecule has 9 heteroatoms. The number of hydrogen-bond acceptors (Lipinski definition) is 7. The van der Waals surface area contributed by atoms with Gasteiger partial charge in [-0.05, 0) is 29.8 Å². The van der Waals surface area contributed by atoms with Crippen molar-refractivity contribution < 1.29 is 17.9 Å². The van der Waals surface area contributed by atoms with Crippen molar-refractivity contribution in [1.82, 2.24) is 0 Å². The van der Waals surface area contributed by atoms with Gasteiger partial charge in [-0.2, -0.15) is 0 Å². The second-order valence-electron chi connectivity index (χ2n) is 6.95. The number of hydrogen-bond donors (Lipinski definition) is 0. The lowest BCUT2D eigenvalue weighted by molar-refractivity contribution is 0.403. The average Bonchev–Trinajstić information content (AvgIpc) is 3.17. The van der Waals surface area contributed by atoms with Crippen molar-refractivity contribution in [2.24, 2.45) is 4.99 Å². The molecule has 0 bridgehead atoms. The van der Waals surface area contributed by atoms with Crippen LogP contribution >= 0.6 is 27.7 Å². The van der Waals surface area contributed by atoms with Crippen LogP contribution in [-0.4, -0.2) is 51.4 Å². The molecule has 1 saturated heterocycles. The number of amidine groups is 1. The number of ether oxygens (including phenoxy) is 2. The summed E-state index contributed by atoms with van der Waals surface area (Å²) in [5.74, 6) is 2.25. The summed E-state index contributed by atoms with van der Waals surface area (Å²) in [6, 6.07) is 13.2. The molecule has 0 N–H and O–H groups in total. The van der Waals surface area contributed by atoms with Crippen LogP contribution < -0.4 is 14.4 Å². The highest BCUT2D eigenvalue weighted by molar-refractivity contribution is 9.10. The number of anilines is 1. The van der Waals surface area contributed by atoms with E-state index in [9.17, 15) is 8.42 Å².